The maximum Gasteiger partial charge on any atom is 0.253 e. The van der Waals surface area contributed by atoms with Gasteiger partial charge in [-0.3, -0.25) is 9.78 Å². The summed E-state index contributed by atoms with van der Waals surface area (Å²) in [6, 6.07) is 12.2. The summed E-state index contributed by atoms with van der Waals surface area (Å²) in [6.07, 6.45) is 6.21. The normalized spacial score (nSPS) is 17.5. The van der Waals surface area contributed by atoms with Crippen LogP contribution in [-0.4, -0.2) is 17.4 Å². The number of hydrogen-bond acceptors (Lipinski definition) is 3. The lowest BCUT2D eigenvalue weighted by Crippen LogP contribution is -2.24. The molecule has 2 heterocycles. The topological polar surface area (TPSA) is 65.8 Å². The summed E-state index contributed by atoms with van der Waals surface area (Å²) < 4.78 is 0. The van der Waals surface area contributed by atoms with Crippen molar-refractivity contribution in [3.63, 3.8) is 0 Å². The number of fused-ring (bicyclic) bond motifs is 1. The van der Waals surface area contributed by atoms with E-state index in [9.17, 15) is 10.1 Å². The number of nitriles is 1. The average Bonchev–Trinajstić information content (AvgIpc) is 3.12. The molecule has 1 saturated carbocycles. The average molecular weight is 331 g/mol. The van der Waals surface area contributed by atoms with Crippen molar-refractivity contribution in [2.75, 3.05) is 6.54 Å². The molecule has 0 atom stereocenters. The van der Waals surface area contributed by atoms with Crippen molar-refractivity contribution in [1.82, 2.24) is 10.3 Å². The standard InChI is InChI=1S/C21H21N3O/c22-13-16-18(14-7-2-1-3-8-14)19-17(11-6-12-23-21(19)25)24-20(16)15-9-4-5-10-15/h1-3,7-8,15H,4-6,9-12H2,(H,23,25). The van der Waals surface area contributed by atoms with E-state index < -0.39 is 0 Å². The Morgan fingerprint density at radius 2 is 1.84 bits per heavy atom. The van der Waals surface area contributed by atoms with E-state index in [1.165, 1.54) is 12.8 Å². The number of nitrogens with zero attached hydrogens (tertiary/aromatic N) is 2. The highest BCUT2D eigenvalue weighted by Gasteiger charge is 2.30. The van der Waals surface area contributed by atoms with Crippen molar-refractivity contribution in [2.24, 2.45) is 0 Å². The first-order chi connectivity index (χ1) is 12.3. The molecule has 0 bridgehead atoms. The van der Waals surface area contributed by atoms with E-state index in [2.05, 4.69) is 11.4 Å². The van der Waals surface area contributed by atoms with Gasteiger partial charge in [0.2, 0.25) is 0 Å². The minimum Gasteiger partial charge on any atom is -0.352 e. The minimum atomic E-state index is -0.103. The van der Waals surface area contributed by atoms with Crippen LogP contribution >= 0.6 is 0 Å². The molecule has 0 saturated heterocycles. The zero-order valence-corrected chi connectivity index (χ0v) is 14.2. The van der Waals surface area contributed by atoms with E-state index in [-0.39, 0.29) is 5.91 Å². The summed E-state index contributed by atoms with van der Waals surface area (Å²) in [5.74, 6) is 0.238. The van der Waals surface area contributed by atoms with E-state index in [4.69, 9.17) is 4.98 Å². The fourth-order valence-corrected chi connectivity index (χ4v) is 4.13. The molecule has 4 nitrogen and oxygen atoms in total. The number of pyridine rings is 1. The van der Waals surface area contributed by atoms with Gasteiger partial charge in [-0.05, 0) is 31.2 Å². The molecule has 4 heteroatoms. The number of benzene rings is 1. The summed E-state index contributed by atoms with van der Waals surface area (Å²) in [6.45, 7) is 0.657. The molecule has 0 unspecified atom stereocenters. The summed E-state index contributed by atoms with van der Waals surface area (Å²) in [4.78, 5) is 17.6. The Morgan fingerprint density at radius 1 is 1.08 bits per heavy atom. The van der Waals surface area contributed by atoms with E-state index in [0.717, 1.165) is 48.2 Å². The lowest BCUT2D eigenvalue weighted by atomic mass is 9.87. The van der Waals surface area contributed by atoms with Gasteiger partial charge in [-0.15, -0.1) is 0 Å². The summed E-state index contributed by atoms with van der Waals surface area (Å²) in [7, 11) is 0. The smallest absolute Gasteiger partial charge is 0.253 e. The van der Waals surface area contributed by atoms with Crippen molar-refractivity contribution in [3.8, 4) is 17.2 Å². The SMILES string of the molecule is N#Cc1c(C2CCCC2)nc2c(c1-c1ccccc1)C(=O)NCCC2. The molecule has 1 amide bonds. The second kappa shape index (κ2) is 6.68. The first-order valence-electron chi connectivity index (χ1n) is 9.10. The predicted molar refractivity (Wildman–Crippen MR) is 96.3 cm³/mol. The van der Waals surface area contributed by atoms with Crippen molar-refractivity contribution < 1.29 is 4.79 Å². The third-order valence-electron chi connectivity index (χ3n) is 5.32. The number of aryl methyl sites for hydroxylation is 1. The Hall–Kier alpha value is -2.67. The minimum absolute atomic E-state index is 0.103. The molecule has 4 rings (SSSR count). The molecule has 1 aromatic heterocycles. The number of amides is 1. The van der Waals surface area contributed by atoms with E-state index in [1.54, 1.807) is 0 Å². The fraction of sp³-hybridized carbons (Fsp3) is 0.381. The number of aromatic nitrogens is 1. The van der Waals surface area contributed by atoms with Gasteiger partial charge in [0.05, 0.1) is 22.5 Å². The zero-order valence-electron chi connectivity index (χ0n) is 14.2. The Morgan fingerprint density at radius 3 is 2.56 bits per heavy atom. The van der Waals surface area contributed by atoms with Gasteiger partial charge in [-0.2, -0.15) is 5.26 Å². The van der Waals surface area contributed by atoms with E-state index in [1.807, 2.05) is 30.3 Å². The second-order valence-electron chi connectivity index (χ2n) is 6.89. The fourth-order valence-electron chi connectivity index (χ4n) is 4.13. The molecule has 1 aliphatic carbocycles. The maximum atomic E-state index is 12.7. The Kier molecular flexibility index (Phi) is 4.23. The van der Waals surface area contributed by atoms with Crippen LogP contribution in [0.1, 0.15) is 65.3 Å². The lowest BCUT2D eigenvalue weighted by Gasteiger charge is -2.19. The Labute approximate surface area is 147 Å². The number of carbonyl (C=O) groups is 1. The molecule has 1 aliphatic heterocycles. The van der Waals surface area contributed by atoms with Crippen LogP contribution < -0.4 is 5.32 Å². The zero-order chi connectivity index (χ0) is 17.2. The highest BCUT2D eigenvalue weighted by molar-refractivity contribution is 6.03. The van der Waals surface area contributed by atoms with Crippen LogP contribution in [-0.2, 0) is 6.42 Å². The highest BCUT2D eigenvalue weighted by Crippen LogP contribution is 2.40. The van der Waals surface area contributed by atoms with E-state index in [0.29, 0.717) is 23.6 Å². The van der Waals surface area contributed by atoms with Crippen molar-refractivity contribution in [3.05, 3.63) is 52.8 Å². The maximum absolute atomic E-state index is 12.7. The molecule has 25 heavy (non-hydrogen) atoms. The molecule has 2 aromatic rings. The molecule has 126 valence electrons. The van der Waals surface area contributed by atoms with Gasteiger partial charge in [0, 0.05) is 18.0 Å². The molecule has 0 radical (unpaired) electrons. The second-order valence-corrected chi connectivity index (χ2v) is 6.89. The van der Waals surface area contributed by atoms with Crippen LogP contribution in [0.5, 0.6) is 0 Å². The number of hydrogen-bond donors (Lipinski definition) is 1. The Balaban J connectivity index is 2.03. The first-order valence-corrected chi connectivity index (χ1v) is 9.10. The third kappa shape index (κ3) is 2.80. The molecular formula is C21H21N3O. The Bertz CT molecular complexity index is 846. The first kappa shape index (κ1) is 15.8. The monoisotopic (exact) mass is 331 g/mol. The largest absolute Gasteiger partial charge is 0.352 e. The molecule has 1 N–H and O–H groups in total. The van der Waals surface area contributed by atoms with Gasteiger partial charge in [-0.25, -0.2) is 0 Å². The molecular weight excluding hydrogens is 310 g/mol. The van der Waals surface area contributed by atoms with Crippen LogP contribution in [0.3, 0.4) is 0 Å². The number of carbonyl (C=O) groups excluding carboxylic acids is 1. The number of nitrogens with one attached hydrogen (secondary N) is 1. The molecule has 1 fully saturated rings. The van der Waals surface area contributed by atoms with Gasteiger partial charge in [-0.1, -0.05) is 43.2 Å². The van der Waals surface area contributed by atoms with Gasteiger partial charge >= 0.3 is 0 Å². The predicted octanol–water partition coefficient (Wildman–Crippen LogP) is 3.95. The van der Waals surface area contributed by atoms with Crippen LogP contribution in [0.4, 0.5) is 0 Å². The highest BCUT2D eigenvalue weighted by atomic mass is 16.1. The molecule has 1 aromatic carbocycles. The van der Waals surface area contributed by atoms with Crippen molar-refractivity contribution >= 4 is 5.91 Å². The quantitative estimate of drug-likeness (QED) is 0.906. The summed E-state index contributed by atoms with van der Waals surface area (Å²) in [5.41, 5.74) is 4.65. The van der Waals surface area contributed by atoms with Crippen LogP contribution in [0, 0.1) is 11.3 Å². The summed E-state index contributed by atoms with van der Waals surface area (Å²) in [5, 5.41) is 12.9. The van der Waals surface area contributed by atoms with Gasteiger partial charge in [0.25, 0.3) is 5.91 Å². The van der Waals surface area contributed by atoms with Crippen LogP contribution in [0.2, 0.25) is 0 Å². The van der Waals surface area contributed by atoms with Crippen LogP contribution in [0.25, 0.3) is 11.1 Å². The third-order valence-corrected chi connectivity index (χ3v) is 5.32. The van der Waals surface area contributed by atoms with Crippen molar-refractivity contribution in [1.29, 1.82) is 5.26 Å². The molecule has 0 spiro atoms. The van der Waals surface area contributed by atoms with Gasteiger partial charge < -0.3 is 5.32 Å². The van der Waals surface area contributed by atoms with Crippen molar-refractivity contribution in [2.45, 2.75) is 44.4 Å². The van der Waals surface area contributed by atoms with E-state index >= 15 is 0 Å². The van der Waals surface area contributed by atoms with Crippen LogP contribution in [0.15, 0.2) is 30.3 Å². The number of rotatable bonds is 2. The molecule has 2 aliphatic rings. The van der Waals surface area contributed by atoms with Gasteiger partial charge in [0.1, 0.15) is 6.07 Å². The van der Waals surface area contributed by atoms with Gasteiger partial charge in [0.15, 0.2) is 0 Å². The summed E-state index contributed by atoms with van der Waals surface area (Å²) >= 11 is 0. The lowest BCUT2D eigenvalue weighted by molar-refractivity contribution is 0.0956.